The molecule has 0 aliphatic heterocycles. The molecule has 0 aliphatic carbocycles. The molecule has 5 nitrogen and oxygen atoms in total. The van der Waals surface area contributed by atoms with E-state index in [0.717, 1.165) is 22.3 Å². The van der Waals surface area contributed by atoms with Crippen molar-refractivity contribution in [3.8, 4) is 11.5 Å². The van der Waals surface area contributed by atoms with Gasteiger partial charge in [0.25, 0.3) is 5.91 Å². The van der Waals surface area contributed by atoms with Crippen LogP contribution in [0.2, 0.25) is 0 Å². The quantitative estimate of drug-likeness (QED) is 0.280. The molecule has 5 heteroatoms. The Morgan fingerprint density at radius 3 is 1.68 bits per heavy atom. The summed E-state index contributed by atoms with van der Waals surface area (Å²) in [5.41, 5.74) is 4.64. The van der Waals surface area contributed by atoms with Crippen LogP contribution in [0.1, 0.15) is 121 Å². The van der Waals surface area contributed by atoms with Gasteiger partial charge in [-0.15, -0.1) is 0 Å². The van der Waals surface area contributed by atoms with Gasteiger partial charge in [0.2, 0.25) is 0 Å². The van der Waals surface area contributed by atoms with E-state index in [1.54, 1.807) is 18.3 Å². The minimum Gasteiger partial charge on any atom is -0.507 e. The molecule has 1 amide bonds. The number of hydrogen-bond acceptors (Lipinski definition) is 4. The van der Waals surface area contributed by atoms with Crippen molar-refractivity contribution in [3.05, 3.63) is 81.9 Å². The summed E-state index contributed by atoms with van der Waals surface area (Å²) in [6.07, 6.45) is 1.65. The summed E-state index contributed by atoms with van der Waals surface area (Å²) in [4.78, 5) is 18.3. The third kappa shape index (κ3) is 7.38. The topological polar surface area (TPSA) is 81.9 Å². The van der Waals surface area contributed by atoms with Crippen molar-refractivity contribution in [1.29, 1.82) is 0 Å². The van der Waals surface area contributed by atoms with Crippen LogP contribution in [0.15, 0.2) is 53.5 Å². The van der Waals surface area contributed by atoms with Gasteiger partial charge in [0.15, 0.2) is 0 Å². The number of carbonyl (C=O) groups is 1. The largest absolute Gasteiger partial charge is 0.507 e. The second kappa shape index (κ2) is 11.0. The van der Waals surface area contributed by atoms with E-state index in [4.69, 9.17) is 4.99 Å². The number of carbonyl (C=O) groups excluding carboxylic acids is 1. The number of aromatic hydroxyl groups is 2. The number of nitrogens with zero attached hydrogens (tertiary/aromatic N) is 1. The first-order chi connectivity index (χ1) is 18.6. The van der Waals surface area contributed by atoms with Crippen LogP contribution in [-0.4, -0.2) is 22.3 Å². The van der Waals surface area contributed by atoms with Crippen LogP contribution >= 0.6 is 0 Å². The fourth-order valence-electron chi connectivity index (χ4n) is 4.59. The van der Waals surface area contributed by atoms with Crippen LogP contribution in [0.5, 0.6) is 11.5 Å². The van der Waals surface area contributed by atoms with Crippen LogP contribution in [0, 0.1) is 0 Å². The SMILES string of the molecule is CC(C)(C)c1cc(C=Nc2ccccc2NC(=O)c2cc(C(C)(C)C)cc(C(C)(C)C)c2O)c(O)c(C(C)(C)C)c1. The third-order valence-electron chi connectivity index (χ3n) is 7.34. The highest BCUT2D eigenvalue weighted by molar-refractivity contribution is 6.08. The van der Waals surface area contributed by atoms with Gasteiger partial charge in [0, 0.05) is 22.9 Å². The lowest BCUT2D eigenvalue weighted by molar-refractivity contribution is 0.102. The summed E-state index contributed by atoms with van der Waals surface area (Å²) in [7, 11) is 0. The molecule has 3 aromatic rings. The van der Waals surface area contributed by atoms with E-state index in [0.29, 0.717) is 16.9 Å². The van der Waals surface area contributed by atoms with Crippen LogP contribution in [0.3, 0.4) is 0 Å². The summed E-state index contributed by atoms with van der Waals surface area (Å²) in [5.74, 6) is -0.216. The number of anilines is 1. The van der Waals surface area contributed by atoms with Gasteiger partial charge in [-0.2, -0.15) is 0 Å². The predicted octanol–water partition coefficient (Wildman–Crippen LogP) is 9.29. The molecule has 0 atom stereocenters. The van der Waals surface area contributed by atoms with E-state index < -0.39 is 5.91 Å². The van der Waals surface area contributed by atoms with E-state index in [9.17, 15) is 15.0 Å². The number of amides is 1. The molecule has 3 aromatic carbocycles. The standard InChI is InChI=1S/C36H48N2O3/c1-33(2,3)23-17-22(30(39)26(19-23)35(7,8)9)21-37-28-15-13-14-16-29(28)38-32(41)25-18-24(34(4,5)6)20-27(31(25)40)36(10,11)12/h13-21,39-40H,1-12H3,(H,38,41). The molecule has 220 valence electrons. The molecule has 0 aromatic heterocycles. The number of nitrogens with one attached hydrogen (secondary N) is 1. The number of rotatable bonds is 4. The summed E-state index contributed by atoms with van der Waals surface area (Å²) in [6.45, 7) is 25.0. The van der Waals surface area contributed by atoms with E-state index in [2.05, 4.69) is 73.7 Å². The Kier molecular flexibility index (Phi) is 8.56. The van der Waals surface area contributed by atoms with Gasteiger partial charge in [-0.1, -0.05) is 107 Å². The Balaban J connectivity index is 2.07. The van der Waals surface area contributed by atoms with Crippen LogP contribution in [0.25, 0.3) is 0 Å². The first-order valence-corrected chi connectivity index (χ1v) is 14.3. The Morgan fingerprint density at radius 2 is 1.17 bits per heavy atom. The molecule has 0 heterocycles. The third-order valence-corrected chi connectivity index (χ3v) is 7.34. The number of benzene rings is 3. The number of hydrogen-bond donors (Lipinski definition) is 3. The molecular weight excluding hydrogens is 508 g/mol. The zero-order chi connectivity index (χ0) is 31.1. The zero-order valence-corrected chi connectivity index (χ0v) is 26.9. The van der Waals surface area contributed by atoms with Gasteiger partial charge in [-0.05, 0) is 57.1 Å². The Labute approximate surface area is 246 Å². The van der Waals surface area contributed by atoms with E-state index in [-0.39, 0.29) is 38.7 Å². The minimum atomic E-state index is -0.408. The summed E-state index contributed by atoms with van der Waals surface area (Å²) < 4.78 is 0. The molecule has 3 rings (SSSR count). The van der Waals surface area contributed by atoms with Crippen molar-refractivity contribution in [1.82, 2.24) is 0 Å². The highest BCUT2D eigenvalue weighted by Crippen LogP contribution is 2.39. The van der Waals surface area contributed by atoms with E-state index in [1.807, 2.05) is 51.1 Å². The van der Waals surface area contributed by atoms with Crippen molar-refractivity contribution in [2.24, 2.45) is 4.99 Å². The smallest absolute Gasteiger partial charge is 0.259 e. The summed E-state index contributed by atoms with van der Waals surface area (Å²) in [5, 5.41) is 25.3. The molecule has 0 saturated carbocycles. The average molecular weight is 557 g/mol. The molecule has 0 spiro atoms. The lowest BCUT2D eigenvalue weighted by atomic mass is 9.79. The highest BCUT2D eigenvalue weighted by Gasteiger charge is 2.28. The first-order valence-electron chi connectivity index (χ1n) is 14.3. The Hall–Kier alpha value is -3.60. The average Bonchev–Trinajstić information content (AvgIpc) is 2.81. The van der Waals surface area contributed by atoms with Crippen molar-refractivity contribution < 1.29 is 15.0 Å². The molecule has 0 unspecified atom stereocenters. The fraction of sp³-hybridized carbons (Fsp3) is 0.444. The maximum Gasteiger partial charge on any atom is 0.259 e. The van der Waals surface area contributed by atoms with Gasteiger partial charge in [-0.25, -0.2) is 0 Å². The summed E-state index contributed by atoms with van der Waals surface area (Å²) in [6, 6.07) is 15.1. The Morgan fingerprint density at radius 1 is 0.683 bits per heavy atom. The molecule has 41 heavy (non-hydrogen) atoms. The van der Waals surface area contributed by atoms with Gasteiger partial charge < -0.3 is 15.5 Å². The molecule has 3 N–H and O–H groups in total. The van der Waals surface area contributed by atoms with E-state index in [1.165, 1.54) is 0 Å². The molecule has 0 fully saturated rings. The minimum absolute atomic E-state index is 0.0115. The number of aliphatic imine (C=N–C) groups is 1. The number of para-hydroxylation sites is 2. The van der Waals surface area contributed by atoms with Crippen molar-refractivity contribution in [2.45, 2.75) is 105 Å². The predicted molar refractivity (Wildman–Crippen MR) is 173 cm³/mol. The first kappa shape index (κ1) is 31.9. The maximum absolute atomic E-state index is 13.6. The maximum atomic E-state index is 13.6. The molecule has 0 radical (unpaired) electrons. The molecule has 0 aliphatic rings. The van der Waals surface area contributed by atoms with E-state index >= 15 is 0 Å². The molecule has 0 saturated heterocycles. The van der Waals surface area contributed by atoms with Gasteiger partial charge in [0.05, 0.1) is 16.9 Å². The summed E-state index contributed by atoms with van der Waals surface area (Å²) >= 11 is 0. The van der Waals surface area contributed by atoms with Gasteiger partial charge in [0.1, 0.15) is 11.5 Å². The van der Waals surface area contributed by atoms with Crippen LogP contribution < -0.4 is 5.32 Å². The van der Waals surface area contributed by atoms with Crippen LogP contribution in [0.4, 0.5) is 11.4 Å². The fourth-order valence-corrected chi connectivity index (χ4v) is 4.59. The highest BCUT2D eigenvalue weighted by atomic mass is 16.3. The number of phenols is 2. The van der Waals surface area contributed by atoms with Crippen molar-refractivity contribution in [2.75, 3.05) is 5.32 Å². The normalized spacial score (nSPS) is 13.1. The second-order valence-electron chi connectivity index (χ2n) is 15.1. The lowest BCUT2D eigenvalue weighted by Crippen LogP contribution is -2.20. The van der Waals surface area contributed by atoms with Gasteiger partial charge >= 0.3 is 0 Å². The molecule has 0 bridgehead atoms. The van der Waals surface area contributed by atoms with Crippen molar-refractivity contribution >= 4 is 23.5 Å². The zero-order valence-electron chi connectivity index (χ0n) is 26.9. The monoisotopic (exact) mass is 556 g/mol. The molecular formula is C36H48N2O3. The second-order valence-corrected chi connectivity index (χ2v) is 15.1. The number of phenolic OH excluding ortho intramolecular Hbond substituents is 2. The lowest BCUT2D eigenvalue weighted by Gasteiger charge is -2.27. The van der Waals surface area contributed by atoms with Crippen LogP contribution in [-0.2, 0) is 21.7 Å². The Bertz CT molecular complexity index is 1470. The van der Waals surface area contributed by atoms with Crippen molar-refractivity contribution in [3.63, 3.8) is 0 Å². The van der Waals surface area contributed by atoms with Gasteiger partial charge in [-0.3, -0.25) is 9.79 Å².